The Morgan fingerprint density at radius 3 is 2.50 bits per heavy atom. The van der Waals surface area contributed by atoms with Crippen molar-refractivity contribution in [2.75, 3.05) is 7.11 Å². The van der Waals surface area contributed by atoms with Crippen LogP contribution in [0.15, 0.2) is 100 Å². The summed E-state index contributed by atoms with van der Waals surface area (Å²) in [7, 11) is 1.53. The zero-order valence-electron chi connectivity index (χ0n) is 25.3. The fourth-order valence-corrected chi connectivity index (χ4v) is 7.90. The molecule has 5 aromatic rings. The summed E-state index contributed by atoms with van der Waals surface area (Å²) in [5.74, 6) is 0.969. The van der Waals surface area contributed by atoms with Crippen LogP contribution in [0.3, 0.4) is 0 Å². The number of ether oxygens (including phenoxy) is 2. The number of hydrogen-bond donors (Lipinski definition) is 0. The number of aryl methyl sites for hydroxylation is 1. The molecule has 0 bridgehead atoms. The highest BCUT2D eigenvalue weighted by Gasteiger charge is 2.33. The zero-order valence-corrected chi connectivity index (χ0v) is 28.3. The first-order valence-corrected chi connectivity index (χ1v) is 16.7. The minimum absolute atomic E-state index is 0.00179. The molecule has 0 unspecified atom stereocenters. The molecule has 0 N–H and O–H groups in total. The molecule has 13 heteroatoms. The van der Waals surface area contributed by atoms with Crippen LogP contribution in [0.4, 0.5) is 11.4 Å². The average molecular weight is 773 g/mol. The lowest BCUT2D eigenvalue weighted by Gasteiger charge is -2.30. The lowest BCUT2D eigenvalue weighted by atomic mass is 9.83. The fourth-order valence-electron chi connectivity index (χ4n) is 6.11. The van der Waals surface area contributed by atoms with E-state index in [0.29, 0.717) is 38.4 Å². The van der Waals surface area contributed by atoms with E-state index < -0.39 is 15.9 Å². The second-order valence-electron chi connectivity index (χ2n) is 11.2. The third-order valence-corrected chi connectivity index (χ3v) is 10.1. The molecule has 0 fully saturated rings. The number of nitrogens with zero attached hydrogens (tertiary/aromatic N) is 4. The number of aromatic nitrogens is 1. The van der Waals surface area contributed by atoms with Crippen molar-refractivity contribution < 1.29 is 19.3 Å². The van der Waals surface area contributed by atoms with Gasteiger partial charge in [-0.2, -0.15) is 0 Å². The molecule has 240 valence electrons. The first-order chi connectivity index (χ1) is 23.2. The maximum Gasteiger partial charge on any atom is 0.271 e. The highest BCUT2D eigenvalue weighted by atomic mass is 127. The number of nitro groups is 2. The van der Waals surface area contributed by atoms with Crippen LogP contribution in [0.5, 0.6) is 11.5 Å². The van der Waals surface area contributed by atoms with Gasteiger partial charge in [-0.1, -0.05) is 47.7 Å². The molecule has 7 rings (SSSR count). The van der Waals surface area contributed by atoms with E-state index >= 15 is 0 Å². The Morgan fingerprint density at radius 2 is 1.75 bits per heavy atom. The van der Waals surface area contributed by atoms with Crippen LogP contribution < -0.4 is 24.4 Å². The summed E-state index contributed by atoms with van der Waals surface area (Å²) >= 11 is 3.42. The van der Waals surface area contributed by atoms with Crippen LogP contribution >= 0.6 is 33.9 Å². The largest absolute Gasteiger partial charge is 0.493 e. The highest BCUT2D eigenvalue weighted by Crippen LogP contribution is 2.42. The molecule has 0 spiro atoms. The van der Waals surface area contributed by atoms with E-state index in [2.05, 4.69) is 28.7 Å². The maximum atomic E-state index is 14.2. The van der Waals surface area contributed by atoms with Crippen LogP contribution in [0.1, 0.15) is 40.3 Å². The predicted molar refractivity (Wildman–Crippen MR) is 189 cm³/mol. The van der Waals surface area contributed by atoms with Crippen molar-refractivity contribution in [3.63, 3.8) is 0 Å². The molecule has 1 aromatic heterocycles. The van der Waals surface area contributed by atoms with Gasteiger partial charge < -0.3 is 9.47 Å². The van der Waals surface area contributed by atoms with Gasteiger partial charge in [0.25, 0.3) is 16.9 Å². The molecule has 1 atom stereocenters. The number of benzene rings is 4. The second-order valence-corrected chi connectivity index (χ2v) is 13.4. The number of non-ortho nitro benzene ring substituents is 2. The summed E-state index contributed by atoms with van der Waals surface area (Å²) in [6.07, 6.45) is 3.23. The second kappa shape index (κ2) is 12.8. The topological polar surface area (TPSA) is 139 Å². The Morgan fingerprint density at radius 1 is 0.979 bits per heavy atom. The van der Waals surface area contributed by atoms with Crippen LogP contribution in [-0.4, -0.2) is 21.5 Å². The smallest absolute Gasteiger partial charge is 0.271 e. The number of allylic oxidation sites excluding steroid dienone is 1. The summed E-state index contributed by atoms with van der Waals surface area (Å²) < 4.78 is 14.6. The van der Waals surface area contributed by atoms with Gasteiger partial charge in [-0.3, -0.25) is 29.6 Å². The summed E-state index contributed by atoms with van der Waals surface area (Å²) in [5.41, 5.74) is 5.80. The Hall–Kier alpha value is -5.15. The molecule has 0 radical (unpaired) electrons. The third-order valence-electron chi connectivity index (χ3n) is 8.35. The molecular formula is C35H25IN4O7S. The van der Waals surface area contributed by atoms with Gasteiger partial charge in [0.15, 0.2) is 16.3 Å². The van der Waals surface area contributed by atoms with E-state index in [9.17, 15) is 25.0 Å². The van der Waals surface area contributed by atoms with Crippen molar-refractivity contribution in [1.29, 1.82) is 0 Å². The van der Waals surface area contributed by atoms with E-state index in [1.54, 1.807) is 41.0 Å². The van der Waals surface area contributed by atoms with Gasteiger partial charge in [0, 0.05) is 29.8 Å². The molecule has 2 heterocycles. The van der Waals surface area contributed by atoms with Crippen LogP contribution in [-0.2, 0) is 13.0 Å². The predicted octanol–water partition coefficient (Wildman–Crippen LogP) is 6.33. The van der Waals surface area contributed by atoms with Crippen molar-refractivity contribution in [2.24, 2.45) is 4.99 Å². The Bertz CT molecular complexity index is 2350. The Balaban J connectivity index is 1.30. The summed E-state index contributed by atoms with van der Waals surface area (Å²) in [6, 6.07) is 23.8. The molecule has 4 aromatic carbocycles. The fraction of sp³-hybridized carbons (Fsp3) is 0.143. The van der Waals surface area contributed by atoms with Gasteiger partial charge in [-0.25, -0.2) is 4.99 Å². The number of thiazole rings is 1. The van der Waals surface area contributed by atoms with Crippen molar-refractivity contribution in [1.82, 2.24) is 4.57 Å². The van der Waals surface area contributed by atoms with E-state index in [1.807, 2.05) is 30.3 Å². The van der Waals surface area contributed by atoms with Crippen LogP contribution in [0, 0.1) is 23.8 Å². The van der Waals surface area contributed by atoms with Gasteiger partial charge in [0.2, 0.25) is 0 Å². The lowest BCUT2D eigenvalue weighted by Crippen LogP contribution is -2.38. The van der Waals surface area contributed by atoms with Gasteiger partial charge in [-0.15, -0.1) is 0 Å². The molecule has 2 aliphatic rings. The summed E-state index contributed by atoms with van der Waals surface area (Å²) in [6.45, 7) is 0.174. The Labute approximate surface area is 290 Å². The first-order valence-electron chi connectivity index (χ1n) is 14.8. The van der Waals surface area contributed by atoms with Crippen LogP contribution in [0.25, 0.3) is 11.8 Å². The van der Waals surface area contributed by atoms with Gasteiger partial charge in [0.1, 0.15) is 6.61 Å². The number of methoxy groups -OCH3 is 1. The monoisotopic (exact) mass is 772 g/mol. The van der Waals surface area contributed by atoms with E-state index in [0.717, 1.165) is 32.4 Å². The van der Waals surface area contributed by atoms with Crippen molar-refractivity contribution in [3.8, 4) is 11.5 Å². The molecule has 0 saturated heterocycles. The first kappa shape index (κ1) is 31.4. The maximum absolute atomic E-state index is 14.2. The molecule has 48 heavy (non-hydrogen) atoms. The van der Waals surface area contributed by atoms with E-state index in [4.69, 9.17) is 14.5 Å². The summed E-state index contributed by atoms with van der Waals surface area (Å²) in [5, 5.41) is 22.7. The Kier molecular flexibility index (Phi) is 8.39. The van der Waals surface area contributed by atoms with E-state index in [-0.39, 0.29) is 23.5 Å². The normalized spacial score (nSPS) is 15.2. The number of fused-ring (bicyclic) bond motifs is 3. The third kappa shape index (κ3) is 5.79. The number of rotatable bonds is 8. The van der Waals surface area contributed by atoms with Gasteiger partial charge in [-0.05, 0) is 93.6 Å². The molecular weight excluding hydrogens is 747 g/mol. The average Bonchev–Trinajstić information content (AvgIpc) is 3.40. The van der Waals surface area contributed by atoms with Crippen molar-refractivity contribution in [3.05, 3.63) is 162 Å². The number of hydrogen-bond acceptors (Lipinski definition) is 9. The minimum atomic E-state index is -0.545. The molecule has 1 aliphatic carbocycles. The molecule has 0 amide bonds. The van der Waals surface area contributed by atoms with Crippen molar-refractivity contribution in [2.45, 2.75) is 25.5 Å². The van der Waals surface area contributed by atoms with Gasteiger partial charge in [0.05, 0.1) is 36.8 Å². The van der Waals surface area contributed by atoms with Crippen LogP contribution in [0.2, 0.25) is 0 Å². The van der Waals surface area contributed by atoms with E-state index in [1.165, 1.54) is 42.2 Å². The molecule has 1 aliphatic heterocycles. The number of halogens is 1. The van der Waals surface area contributed by atoms with Gasteiger partial charge >= 0.3 is 0 Å². The lowest BCUT2D eigenvalue weighted by molar-refractivity contribution is -0.385. The SMILES string of the molecule is COc1cc(/C=c2\sc3n(c2=O)[C@H](c2cccc([N+](=O)[O-])c2)C2=C(N=3)c3ccccc3CC2)cc(I)c1OCc1ccc([N+](=O)[O-])cc1. The van der Waals surface area contributed by atoms with Crippen molar-refractivity contribution >= 4 is 57.1 Å². The summed E-state index contributed by atoms with van der Waals surface area (Å²) in [4.78, 5) is 41.6. The highest BCUT2D eigenvalue weighted by molar-refractivity contribution is 14.1. The molecule has 0 saturated carbocycles. The minimum Gasteiger partial charge on any atom is -0.493 e. The quantitative estimate of drug-likeness (QED) is 0.102. The standard InChI is InChI=1S/C35H25IN4O7S/c1-46-29-16-21(15-28(36)33(29)47-19-20-9-12-24(13-10-20)39(42)43)17-30-34(41)38-32(23-6-4-7-25(18-23)40(44)45)27-14-11-22-5-2-3-8-26(22)31(27)37-35(38)48-30/h2-10,12-13,15-18,32H,11,14,19H2,1H3/b30-17-/t32-/m1/s1. The number of nitro benzene ring substituents is 2. The molecule has 11 nitrogen and oxygen atoms in total. The zero-order chi connectivity index (χ0) is 33.5.